The molecule has 5 rings (SSSR count). The number of hydrogen-bond acceptors (Lipinski definition) is 11. The summed E-state index contributed by atoms with van der Waals surface area (Å²) in [6.45, 7) is 2.44. The molecule has 5 atom stereocenters. The second-order valence-corrected chi connectivity index (χ2v) is 10.0. The van der Waals surface area contributed by atoms with Crippen molar-refractivity contribution in [3.05, 3.63) is 87.5 Å². The molecule has 1 fully saturated rings. The van der Waals surface area contributed by atoms with Crippen LogP contribution in [0.1, 0.15) is 62.4 Å². The fourth-order valence-electron chi connectivity index (χ4n) is 5.07. The smallest absolute Gasteiger partial charge is 0.308 e. The summed E-state index contributed by atoms with van der Waals surface area (Å²) >= 11 is 0. The van der Waals surface area contributed by atoms with E-state index in [1.165, 1.54) is 38.1 Å². The Morgan fingerprint density at radius 1 is 0.902 bits per heavy atom. The molecule has 11 nitrogen and oxygen atoms in total. The van der Waals surface area contributed by atoms with Gasteiger partial charge in [0.25, 0.3) is 0 Å². The molecule has 0 bridgehead atoms. The van der Waals surface area contributed by atoms with Crippen LogP contribution in [0.2, 0.25) is 0 Å². The van der Waals surface area contributed by atoms with E-state index in [0.717, 1.165) is 0 Å². The number of aromatic hydroxyl groups is 1. The number of benzene rings is 3. The van der Waals surface area contributed by atoms with Gasteiger partial charge in [0.1, 0.15) is 35.6 Å². The van der Waals surface area contributed by atoms with Crippen molar-refractivity contribution in [2.75, 3.05) is 0 Å². The summed E-state index contributed by atoms with van der Waals surface area (Å²) in [6.07, 6.45) is -7.11. The number of rotatable bonds is 6. The fourth-order valence-corrected chi connectivity index (χ4v) is 5.07. The van der Waals surface area contributed by atoms with E-state index in [1.807, 2.05) is 0 Å². The van der Waals surface area contributed by atoms with Gasteiger partial charge in [0.05, 0.1) is 18.3 Å². The van der Waals surface area contributed by atoms with Crippen LogP contribution in [0.5, 0.6) is 17.2 Å². The lowest BCUT2D eigenvalue weighted by atomic mass is 9.81. The van der Waals surface area contributed by atoms with Gasteiger partial charge in [-0.25, -0.2) is 0 Å². The van der Waals surface area contributed by atoms with E-state index < -0.39 is 54.0 Å². The highest BCUT2D eigenvalue weighted by atomic mass is 16.7. The number of hydrogen-bond donors (Lipinski definition) is 5. The molecule has 1 saturated heterocycles. The van der Waals surface area contributed by atoms with Crippen molar-refractivity contribution in [3.8, 4) is 17.2 Å². The zero-order valence-corrected chi connectivity index (χ0v) is 22.1. The van der Waals surface area contributed by atoms with Crippen LogP contribution in [0, 0.1) is 0 Å². The first-order valence-corrected chi connectivity index (χ1v) is 12.9. The zero-order chi connectivity index (χ0) is 29.6. The standard InChI is InChI=1S/C30H28O11/c1-13-24(33)28(37)29(38)30(39-13)41-22-11-21-23(27(36)20(22)9-15-4-3-5-16(8-15)12-31)26(35)18-7-6-17(40-14(2)32)10-19(18)25(21)34/h3-8,10-11,13,24,28-31,33,36-38H,9,12H2,1-2H3/t13-,24-,28-,29-,30-/m1/s1. The molecular weight excluding hydrogens is 536 g/mol. The Labute approximate surface area is 234 Å². The van der Waals surface area contributed by atoms with Crippen LogP contribution in [0.25, 0.3) is 0 Å². The van der Waals surface area contributed by atoms with Crippen molar-refractivity contribution in [3.63, 3.8) is 0 Å². The fraction of sp³-hybridized carbons (Fsp3) is 0.300. The van der Waals surface area contributed by atoms with E-state index >= 15 is 0 Å². The lowest BCUT2D eigenvalue weighted by Gasteiger charge is -2.39. The quantitative estimate of drug-likeness (QED) is 0.169. The van der Waals surface area contributed by atoms with Gasteiger partial charge in [0.15, 0.2) is 11.6 Å². The minimum absolute atomic E-state index is 0.00701. The number of carbonyl (C=O) groups is 3. The van der Waals surface area contributed by atoms with Gasteiger partial charge < -0.3 is 39.7 Å². The van der Waals surface area contributed by atoms with Gasteiger partial charge >= 0.3 is 5.97 Å². The summed E-state index contributed by atoms with van der Waals surface area (Å²) in [4.78, 5) is 38.6. The van der Waals surface area contributed by atoms with Crippen LogP contribution < -0.4 is 9.47 Å². The number of phenols is 1. The lowest BCUT2D eigenvalue weighted by Crippen LogP contribution is -2.58. The average molecular weight is 565 g/mol. The molecule has 3 aromatic carbocycles. The maximum Gasteiger partial charge on any atom is 0.308 e. The van der Waals surface area contributed by atoms with Crippen molar-refractivity contribution >= 4 is 17.5 Å². The molecule has 0 spiro atoms. The van der Waals surface area contributed by atoms with E-state index in [0.29, 0.717) is 11.1 Å². The third kappa shape index (κ3) is 5.21. The molecule has 1 aliphatic heterocycles. The van der Waals surface area contributed by atoms with Crippen molar-refractivity contribution in [2.45, 2.75) is 57.6 Å². The minimum atomic E-state index is -1.69. The first kappa shape index (κ1) is 28.4. The highest BCUT2D eigenvalue weighted by molar-refractivity contribution is 6.29. The van der Waals surface area contributed by atoms with Crippen LogP contribution in [-0.4, -0.2) is 73.8 Å². The summed E-state index contributed by atoms with van der Waals surface area (Å²) in [6, 6.07) is 12.1. The molecule has 11 heteroatoms. The van der Waals surface area contributed by atoms with Gasteiger partial charge in [-0.3, -0.25) is 14.4 Å². The van der Waals surface area contributed by atoms with Crippen LogP contribution in [-0.2, 0) is 22.6 Å². The number of esters is 1. The maximum absolute atomic E-state index is 13.6. The summed E-state index contributed by atoms with van der Waals surface area (Å²) < 4.78 is 16.6. The number of fused-ring (bicyclic) bond motifs is 2. The highest BCUT2D eigenvalue weighted by Crippen LogP contribution is 2.42. The molecule has 0 aromatic heterocycles. The zero-order valence-electron chi connectivity index (χ0n) is 22.1. The Hall–Kier alpha value is -4.13. The number of aliphatic hydroxyl groups is 4. The van der Waals surface area contributed by atoms with Gasteiger partial charge in [0.2, 0.25) is 6.29 Å². The molecule has 1 heterocycles. The van der Waals surface area contributed by atoms with Gasteiger partial charge in [-0.15, -0.1) is 0 Å². The molecular formula is C30H28O11. The Morgan fingerprint density at radius 2 is 1.63 bits per heavy atom. The first-order chi connectivity index (χ1) is 19.5. The summed E-state index contributed by atoms with van der Waals surface area (Å²) in [7, 11) is 0. The lowest BCUT2D eigenvalue weighted by molar-refractivity contribution is -0.268. The van der Waals surface area contributed by atoms with E-state index in [4.69, 9.17) is 14.2 Å². The third-order valence-electron chi connectivity index (χ3n) is 7.18. The Kier molecular flexibility index (Phi) is 7.64. The van der Waals surface area contributed by atoms with Crippen LogP contribution in [0.4, 0.5) is 0 Å². The van der Waals surface area contributed by atoms with E-state index in [2.05, 4.69) is 0 Å². The van der Waals surface area contributed by atoms with Gasteiger partial charge in [-0.05, 0) is 42.3 Å². The molecule has 214 valence electrons. The maximum atomic E-state index is 13.6. The predicted molar refractivity (Wildman–Crippen MR) is 141 cm³/mol. The summed E-state index contributed by atoms with van der Waals surface area (Å²) in [5, 5.41) is 51.9. The summed E-state index contributed by atoms with van der Waals surface area (Å²) in [5.74, 6) is -2.49. The van der Waals surface area contributed by atoms with Gasteiger partial charge in [0, 0.05) is 35.6 Å². The van der Waals surface area contributed by atoms with Crippen molar-refractivity contribution in [2.24, 2.45) is 0 Å². The first-order valence-electron chi connectivity index (χ1n) is 12.9. The molecule has 0 saturated carbocycles. The number of carbonyl (C=O) groups excluding carboxylic acids is 3. The Balaban J connectivity index is 1.63. The Morgan fingerprint density at radius 3 is 2.34 bits per heavy atom. The van der Waals surface area contributed by atoms with Crippen LogP contribution in [0.15, 0.2) is 48.5 Å². The Bertz CT molecular complexity index is 1550. The topological polar surface area (TPSA) is 180 Å². The average Bonchev–Trinajstić information content (AvgIpc) is 2.94. The minimum Gasteiger partial charge on any atom is -0.507 e. The molecule has 0 radical (unpaired) electrons. The van der Waals surface area contributed by atoms with Crippen LogP contribution >= 0.6 is 0 Å². The molecule has 41 heavy (non-hydrogen) atoms. The highest BCUT2D eigenvalue weighted by Gasteiger charge is 2.44. The number of aliphatic hydroxyl groups excluding tert-OH is 4. The molecule has 0 unspecified atom stereocenters. The number of ether oxygens (including phenoxy) is 3. The molecule has 1 aliphatic carbocycles. The van der Waals surface area contributed by atoms with Gasteiger partial charge in [-0.2, -0.15) is 0 Å². The van der Waals surface area contributed by atoms with Crippen molar-refractivity contribution in [1.82, 2.24) is 0 Å². The van der Waals surface area contributed by atoms with Crippen molar-refractivity contribution < 1.29 is 54.1 Å². The third-order valence-corrected chi connectivity index (χ3v) is 7.18. The van der Waals surface area contributed by atoms with Crippen LogP contribution in [0.3, 0.4) is 0 Å². The number of phenolic OH excluding ortho intramolecular Hbond substituents is 1. The SMILES string of the molecule is CC(=O)Oc1ccc2c(c1)C(=O)c1cc(O[C@H]3O[C@H](C)[C@@H](O)[C@@H](O)[C@H]3O)c(Cc3cccc(CO)c3)c(O)c1C2=O. The second kappa shape index (κ2) is 11.0. The monoisotopic (exact) mass is 564 g/mol. The summed E-state index contributed by atoms with van der Waals surface area (Å²) in [5.41, 5.74) is 0.835. The molecule has 5 N–H and O–H groups in total. The molecule has 2 aliphatic rings. The van der Waals surface area contributed by atoms with E-state index in [-0.39, 0.29) is 52.3 Å². The molecule has 3 aromatic rings. The van der Waals surface area contributed by atoms with E-state index in [9.17, 15) is 39.9 Å². The predicted octanol–water partition coefficient (Wildman–Crippen LogP) is 1.38. The second-order valence-electron chi connectivity index (χ2n) is 10.0. The largest absolute Gasteiger partial charge is 0.507 e. The van der Waals surface area contributed by atoms with Crippen molar-refractivity contribution in [1.29, 1.82) is 0 Å². The van der Waals surface area contributed by atoms with Gasteiger partial charge in [-0.1, -0.05) is 24.3 Å². The normalized spacial score (nSPS) is 23.5. The number of ketones is 2. The molecule has 0 amide bonds. The van der Waals surface area contributed by atoms with E-state index in [1.54, 1.807) is 24.3 Å².